The molecule has 2 N–H and O–H groups in total. The smallest absolute Gasteiger partial charge is 0.138 e. The van der Waals surface area contributed by atoms with Gasteiger partial charge in [-0.1, -0.05) is 0 Å². The number of hydrogen-bond acceptors (Lipinski definition) is 5. The van der Waals surface area contributed by atoms with Crippen molar-refractivity contribution < 1.29 is 4.74 Å². The van der Waals surface area contributed by atoms with E-state index in [9.17, 15) is 0 Å². The summed E-state index contributed by atoms with van der Waals surface area (Å²) in [6, 6.07) is 3.72. The van der Waals surface area contributed by atoms with Crippen molar-refractivity contribution in [3.8, 4) is 5.75 Å². The van der Waals surface area contributed by atoms with E-state index in [2.05, 4.69) is 9.97 Å². The minimum absolute atomic E-state index is 0.451. The van der Waals surface area contributed by atoms with Gasteiger partial charge in [0.15, 0.2) is 0 Å². The summed E-state index contributed by atoms with van der Waals surface area (Å²) >= 11 is 1.56. The Morgan fingerprint density at radius 3 is 2.80 bits per heavy atom. The van der Waals surface area contributed by atoms with Crippen LogP contribution in [0.2, 0.25) is 0 Å². The zero-order valence-corrected chi connectivity index (χ0v) is 8.91. The minimum Gasteiger partial charge on any atom is -0.486 e. The highest BCUT2D eigenvalue weighted by Gasteiger charge is 1.98. The van der Waals surface area contributed by atoms with Gasteiger partial charge in [-0.3, -0.25) is 4.98 Å². The molecule has 78 valence electrons. The molecule has 15 heavy (non-hydrogen) atoms. The standard InChI is InChI=1S/C10H11N3OS/c11-3-8-1-2-10(4-12-8)14-5-9-6-15-7-13-9/h1-2,4,6-7H,3,5,11H2. The molecule has 0 aliphatic rings. The van der Waals surface area contributed by atoms with Crippen LogP contribution in [0.5, 0.6) is 5.75 Å². The molecule has 0 saturated carbocycles. The Hall–Kier alpha value is -1.46. The first-order valence-corrected chi connectivity index (χ1v) is 5.47. The van der Waals surface area contributed by atoms with Crippen LogP contribution in [-0.4, -0.2) is 9.97 Å². The van der Waals surface area contributed by atoms with Gasteiger partial charge in [0.05, 0.1) is 23.1 Å². The quantitative estimate of drug-likeness (QED) is 0.851. The van der Waals surface area contributed by atoms with Crippen molar-refractivity contribution in [3.63, 3.8) is 0 Å². The van der Waals surface area contributed by atoms with Crippen molar-refractivity contribution in [1.29, 1.82) is 0 Å². The molecule has 5 heteroatoms. The van der Waals surface area contributed by atoms with E-state index in [4.69, 9.17) is 10.5 Å². The van der Waals surface area contributed by atoms with E-state index in [1.165, 1.54) is 0 Å². The molecule has 0 aromatic carbocycles. The van der Waals surface area contributed by atoms with Gasteiger partial charge in [0, 0.05) is 11.9 Å². The molecule has 2 aromatic rings. The summed E-state index contributed by atoms with van der Waals surface area (Å²) < 4.78 is 5.49. The summed E-state index contributed by atoms with van der Waals surface area (Å²) in [5, 5.41) is 1.96. The van der Waals surface area contributed by atoms with Crippen LogP contribution in [0.4, 0.5) is 0 Å². The molecule has 0 spiro atoms. The largest absolute Gasteiger partial charge is 0.486 e. The fourth-order valence-electron chi connectivity index (χ4n) is 1.08. The molecular formula is C10H11N3OS. The van der Waals surface area contributed by atoms with Crippen molar-refractivity contribution in [2.45, 2.75) is 13.2 Å². The lowest BCUT2D eigenvalue weighted by Crippen LogP contribution is -2.00. The van der Waals surface area contributed by atoms with Gasteiger partial charge in [0.2, 0.25) is 0 Å². The number of hydrogen-bond donors (Lipinski definition) is 1. The van der Waals surface area contributed by atoms with Crippen LogP contribution in [0.25, 0.3) is 0 Å². The number of nitrogens with zero attached hydrogens (tertiary/aromatic N) is 2. The van der Waals surface area contributed by atoms with Crippen LogP contribution < -0.4 is 10.5 Å². The van der Waals surface area contributed by atoms with E-state index in [1.807, 2.05) is 17.5 Å². The lowest BCUT2D eigenvalue weighted by molar-refractivity contribution is 0.301. The van der Waals surface area contributed by atoms with Crippen molar-refractivity contribution in [2.24, 2.45) is 5.73 Å². The topological polar surface area (TPSA) is 61.0 Å². The monoisotopic (exact) mass is 221 g/mol. The van der Waals surface area contributed by atoms with Crippen molar-refractivity contribution in [1.82, 2.24) is 9.97 Å². The first-order chi connectivity index (χ1) is 7.38. The van der Waals surface area contributed by atoms with E-state index in [0.29, 0.717) is 13.2 Å². The van der Waals surface area contributed by atoms with Crippen LogP contribution in [0.1, 0.15) is 11.4 Å². The molecular weight excluding hydrogens is 210 g/mol. The molecule has 0 unspecified atom stereocenters. The molecule has 0 radical (unpaired) electrons. The molecule has 2 rings (SSSR count). The first kappa shape index (κ1) is 10.1. The SMILES string of the molecule is NCc1ccc(OCc2cscn2)cn1. The molecule has 4 nitrogen and oxygen atoms in total. The maximum absolute atomic E-state index is 5.49. The highest BCUT2D eigenvalue weighted by Crippen LogP contribution is 2.11. The van der Waals surface area contributed by atoms with Gasteiger partial charge in [-0.05, 0) is 12.1 Å². The lowest BCUT2D eigenvalue weighted by Gasteiger charge is -2.03. The Bertz CT molecular complexity index is 399. The predicted octanol–water partition coefficient (Wildman–Crippen LogP) is 1.58. The maximum Gasteiger partial charge on any atom is 0.138 e. The average Bonchev–Trinajstić information content (AvgIpc) is 2.80. The number of nitrogens with two attached hydrogens (primary N) is 1. The number of thiazole rings is 1. The molecule has 0 bridgehead atoms. The normalized spacial score (nSPS) is 10.2. The third-order valence-electron chi connectivity index (χ3n) is 1.88. The molecule has 0 fully saturated rings. The van der Waals surface area contributed by atoms with Gasteiger partial charge < -0.3 is 10.5 Å². The second kappa shape index (κ2) is 4.86. The first-order valence-electron chi connectivity index (χ1n) is 4.53. The summed E-state index contributed by atoms with van der Waals surface area (Å²) in [4.78, 5) is 8.25. The highest BCUT2D eigenvalue weighted by atomic mass is 32.1. The zero-order valence-electron chi connectivity index (χ0n) is 8.09. The molecule has 0 atom stereocenters. The van der Waals surface area contributed by atoms with Gasteiger partial charge in [-0.25, -0.2) is 4.98 Å². The fourth-order valence-corrected chi connectivity index (χ4v) is 1.63. The van der Waals surface area contributed by atoms with Crippen LogP contribution >= 0.6 is 11.3 Å². The number of aromatic nitrogens is 2. The van der Waals surface area contributed by atoms with Gasteiger partial charge in [0.25, 0.3) is 0 Å². The third kappa shape index (κ3) is 2.74. The summed E-state index contributed by atoms with van der Waals surface area (Å²) in [6.45, 7) is 0.930. The summed E-state index contributed by atoms with van der Waals surface area (Å²) in [5.41, 5.74) is 9.02. The molecule has 0 amide bonds. The Labute approximate surface area is 91.8 Å². The summed E-state index contributed by atoms with van der Waals surface area (Å²) in [5.74, 6) is 0.736. The maximum atomic E-state index is 5.49. The van der Waals surface area contributed by atoms with E-state index < -0.39 is 0 Å². The average molecular weight is 221 g/mol. The fraction of sp³-hybridized carbons (Fsp3) is 0.200. The van der Waals surface area contributed by atoms with E-state index in [0.717, 1.165) is 17.1 Å². The van der Waals surface area contributed by atoms with Crippen LogP contribution in [-0.2, 0) is 13.2 Å². The van der Waals surface area contributed by atoms with Crippen LogP contribution in [0.3, 0.4) is 0 Å². The minimum atomic E-state index is 0.451. The predicted molar refractivity (Wildman–Crippen MR) is 58.6 cm³/mol. The molecule has 2 heterocycles. The Kier molecular flexibility index (Phi) is 3.26. The van der Waals surface area contributed by atoms with Gasteiger partial charge in [-0.15, -0.1) is 11.3 Å². The lowest BCUT2D eigenvalue weighted by atomic mass is 10.3. The third-order valence-corrected chi connectivity index (χ3v) is 2.51. The van der Waals surface area contributed by atoms with Crippen molar-refractivity contribution in [2.75, 3.05) is 0 Å². The van der Waals surface area contributed by atoms with E-state index in [-0.39, 0.29) is 0 Å². The number of pyridine rings is 1. The van der Waals surface area contributed by atoms with Crippen LogP contribution in [0, 0.1) is 0 Å². The van der Waals surface area contributed by atoms with Crippen molar-refractivity contribution >= 4 is 11.3 Å². The van der Waals surface area contributed by atoms with Crippen LogP contribution in [0.15, 0.2) is 29.2 Å². The second-order valence-electron chi connectivity index (χ2n) is 2.96. The molecule has 0 aliphatic heterocycles. The number of ether oxygens (including phenoxy) is 1. The van der Waals surface area contributed by atoms with E-state index >= 15 is 0 Å². The Balaban J connectivity index is 1.93. The van der Waals surface area contributed by atoms with Gasteiger partial charge in [-0.2, -0.15) is 0 Å². The van der Waals surface area contributed by atoms with Gasteiger partial charge in [0.1, 0.15) is 12.4 Å². The van der Waals surface area contributed by atoms with Gasteiger partial charge >= 0.3 is 0 Å². The highest BCUT2D eigenvalue weighted by molar-refractivity contribution is 7.07. The molecule has 2 aromatic heterocycles. The zero-order chi connectivity index (χ0) is 10.5. The second-order valence-corrected chi connectivity index (χ2v) is 3.68. The Morgan fingerprint density at radius 2 is 2.20 bits per heavy atom. The van der Waals surface area contributed by atoms with Crippen molar-refractivity contribution in [3.05, 3.63) is 40.6 Å². The van der Waals surface area contributed by atoms with E-state index in [1.54, 1.807) is 23.0 Å². The summed E-state index contributed by atoms with van der Waals surface area (Å²) in [6.07, 6.45) is 1.68. The molecule has 0 aliphatic carbocycles. The Morgan fingerprint density at radius 1 is 1.27 bits per heavy atom. The number of rotatable bonds is 4. The molecule has 0 saturated heterocycles. The summed E-state index contributed by atoms with van der Waals surface area (Å²) in [7, 11) is 0.